The van der Waals surface area contributed by atoms with Crippen LogP contribution in [-0.4, -0.2) is 14.9 Å². The molecule has 110 valence electrons. The number of allylic oxidation sites excluding steroid dienone is 1. The third-order valence-corrected chi connectivity index (χ3v) is 3.78. The van der Waals surface area contributed by atoms with Crippen molar-refractivity contribution in [3.05, 3.63) is 76.2 Å². The van der Waals surface area contributed by atoms with Crippen molar-refractivity contribution in [3.63, 3.8) is 0 Å². The minimum atomic E-state index is -0.0588. The van der Waals surface area contributed by atoms with Crippen molar-refractivity contribution >= 4 is 22.9 Å². The van der Waals surface area contributed by atoms with Crippen LogP contribution < -0.4 is 5.69 Å². The van der Waals surface area contributed by atoms with E-state index < -0.39 is 0 Å². The van der Waals surface area contributed by atoms with E-state index in [0.29, 0.717) is 5.56 Å². The Labute approximate surface area is 127 Å². The standard InChI is InChI=1S/C18H16N2O2/c1-19-15-10-8-13(12-16(15)20(2)18(19)22)9-11-17(21)14-6-4-3-5-7-14/h3-12H,1-2H3/b11-9+. The molecular formula is C18H16N2O2. The SMILES string of the molecule is Cn1c(=O)n(C)c2cc(/C=C/C(=O)c3ccccc3)ccc21. The lowest BCUT2D eigenvalue weighted by Crippen LogP contribution is -2.19. The van der Waals surface area contributed by atoms with Crippen molar-refractivity contribution in [2.24, 2.45) is 14.1 Å². The Morgan fingerprint density at radius 1 is 0.955 bits per heavy atom. The molecule has 0 atom stereocenters. The van der Waals surface area contributed by atoms with Crippen LogP contribution in [0.1, 0.15) is 15.9 Å². The number of aromatic nitrogens is 2. The molecule has 0 saturated carbocycles. The van der Waals surface area contributed by atoms with Gasteiger partial charge in [-0.25, -0.2) is 4.79 Å². The van der Waals surface area contributed by atoms with Crippen molar-refractivity contribution in [2.75, 3.05) is 0 Å². The van der Waals surface area contributed by atoms with Gasteiger partial charge in [-0.3, -0.25) is 13.9 Å². The average Bonchev–Trinajstić information content (AvgIpc) is 2.78. The highest BCUT2D eigenvalue weighted by atomic mass is 16.1. The third-order valence-electron chi connectivity index (χ3n) is 3.78. The molecule has 0 unspecified atom stereocenters. The van der Waals surface area contributed by atoms with Crippen LogP contribution in [-0.2, 0) is 14.1 Å². The van der Waals surface area contributed by atoms with Crippen molar-refractivity contribution in [1.82, 2.24) is 9.13 Å². The number of nitrogens with zero attached hydrogens (tertiary/aromatic N) is 2. The molecule has 0 aliphatic carbocycles. The number of rotatable bonds is 3. The molecule has 0 aliphatic heterocycles. The lowest BCUT2D eigenvalue weighted by Gasteiger charge is -1.98. The lowest BCUT2D eigenvalue weighted by molar-refractivity contribution is 0.104. The molecule has 0 saturated heterocycles. The van der Waals surface area contributed by atoms with Gasteiger partial charge < -0.3 is 0 Å². The van der Waals surface area contributed by atoms with Gasteiger partial charge in [0.2, 0.25) is 0 Å². The number of imidazole rings is 1. The Balaban J connectivity index is 1.95. The number of carbonyl (C=O) groups is 1. The van der Waals surface area contributed by atoms with Gasteiger partial charge in [0, 0.05) is 19.7 Å². The highest BCUT2D eigenvalue weighted by Gasteiger charge is 2.07. The van der Waals surface area contributed by atoms with Crippen molar-refractivity contribution in [1.29, 1.82) is 0 Å². The summed E-state index contributed by atoms with van der Waals surface area (Å²) in [5, 5.41) is 0. The van der Waals surface area contributed by atoms with Crippen LogP contribution in [0.15, 0.2) is 59.4 Å². The fourth-order valence-corrected chi connectivity index (χ4v) is 2.50. The van der Waals surface area contributed by atoms with Crippen LogP contribution in [0.4, 0.5) is 0 Å². The number of carbonyl (C=O) groups excluding carboxylic acids is 1. The van der Waals surface area contributed by atoms with E-state index in [1.807, 2.05) is 36.4 Å². The normalized spacial score (nSPS) is 11.4. The Bertz CT molecular complexity index is 931. The molecule has 4 nitrogen and oxygen atoms in total. The zero-order valence-electron chi connectivity index (χ0n) is 12.5. The summed E-state index contributed by atoms with van der Waals surface area (Å²) < 4.78 is 3.21. The second kappa shape index (κ2) is 5.48. The van der Waals surface area contributed by atoms with Gasteiger partial charge in [-0.05, 0) is 23.8 Å². The van der Waals surface area contributed by atoms with E-state index in [1.54, 1.807) is 47.5 Å². The minimum Gasteiger partial charge on any atom is -0.295 e. The van der Waals surface area contributed by atoms with Crippen LogP contribution in [0, 0.1) is 0 Å². The smallest absolute Gasteiger partial charge is 0.295 e. The quantitative estimate of drug-likeness (QED) is 0.550. The summed E-state index contributed by atoms with van der Waals surface area (Å²) in [6.45, 7) is 0. The predicted octanol–water partition coefficient (Wildman–Crippen LogP) is 2.77. The van der Waals surface area contributed by atoms with Crippen LogP contribution in [0.5, 0.6) is 0 Å². The van der Waals surface area contributed by atoms with Gasteiger partial charge in [0.05, 0.1) is 11.0 Å². The topological polar surface area (TPSA) is 44.0 Å². The molecule has 22 heavy (non-hydrogen) atoms. The minimum absolute atomic E-state index is 0.0392. The highest BCUT2D eigenvalue weighted by Crippen LogP contribution is 2.15. The fraction of sp³-hybridized carbons (Fsp3) is 0.111. The Hall–Kier alpha value is -2.88. The second-order valence-electron chi connectivity index (χ2n) is 5.21. The van der Waals surface area contributed by atoms with Gasteiger partial charge in [0.25, 0.3) is 0 Å². The fourth-order valence-electron chi connectivity index (χ4n) is 2.50. The van der Waals surface area contributed by atoms with Crippen molar-refractivity contribution in [3.8, 4) is 0 Å². The molecule has 3 rings (SSSR count). The van der Waals surface area contributed by atoms with E-state index in [1.165, 1.54) is 0 Å². The van der Waals surface area contributed by atoms with Gasteiger partial charge in [-0.15, -0.1) is 0 Å². The largest absolute Gasteiger partial charge is 0.328 e. The number of hydrogen-bond acceptors (Lipinski definition) is 2. The molecule has 0 aliphatic rings. The summed E-state index contributed by atoms with van der Waals surface area (Å²) in [4.78, 5) is 24.0. The Morgan fingerprint density at radius 2 is 1.64 bits per heavy atom. The van der Waals surface area contributed by atoms with E-state index in [4.69, 9.17) is 0 Å². The average molecular weight is 292 g/mol. The van der Waals surface area contributed by atoms with Gasteiger partial charge >= 0.3 is 5.69 Å². The molecule has 3 aromatic rings. The Morgan fingerprint density at radius 3 is 2.36 bits per heavy atom. The van der Waals surface area contributed by atoms with E-state index >= 15 is 0 Å². The molecule has 0 fully saturated rings. The third kappa shape index (κ3) is 2.39. The number of benzene rings is 2. The molecule has 0 spiro atoms. The van der Waals surface area contributed by atoms with Crippen molar-refractivity contribution < 1.29 is 4.79 Å². The van der Waals surface area contributed by atoms with Gasteiger partial charge in [-0.1, -0.05) is 42.5 Å². The monoisotopic (exact) mass is 292 g/mol. The molecule has 4 heteroatoms. The first kappa shape index (κ1) is 14.1. The molecule has 0 bridgehead atoms. The van der Waals surface area contributed by atoms with E-state index in [9.17, 15) is 9.59 Å². The van der Waals surface area contributed by atoms with Gasteiger partial charge in [-0.2, -0.15) is 0 Å². The molecule has 0 N–H and O–H groups in total. The van der Waals surface area contributed by atoms with Crippen LogP contribution in [0.2, 0.25) is 0 Å². The number of ketones is 1. The zero-order chi connectivity index (χ0) is 15.7. The first-order chi connectivity index (χ1) is 10.6. The van der Waals surface area contributed by atoms with Crippen LogP contribution in [0.25, 0.3) is 17.1 Å². The van der Waals surface area contributed by atoms with E-state index in [2.05, 4.69) is 0 Å². The number of hydrogen-bond donors (Lipinski definition) is 0. The summed E-state index contributed by atoms with van der Waals surface area (Å²) in [7, 11) is 3.49. The second-order valence-corrected chi connectivity index (χ2v) is 5.21. The van der Waals surface area contributed by atoms with Gasteiger partial charge in [0.1, 0.15) is 0 Å². The molecule has 2 aromatic carbocycles. The summed E-state index contributed by atoms with van der Waals surface area (Å²) in [6.07, 6.45) is 3.32. The molecule has 1 aromatic heterocycles. The molecule has 0 radical (unpaired) electrons. The lowest BCUT2D eigenvalue weighted by atomic mass is 10.1. The molecular weight excluding hydrogens is 276 g/mol. The summed E-state index contributed by atoms with van der Waals surface area (Å²) in [5.41, 5.74) is 3.21. The van der Waals surface area contributed by atoms with Crippen molar-refractivity contribution in [2.45, 2.75) is 0 Å². The maximum absolute atomic E-state index is 12.1. The number of fused-ring (bicyclic) bond motifs is 1. The first-order valence-corrected chi connectivity index (χ1v) is 7.01. The predicted molar refractivity (Wildman–Crippen MR) is 88.0 cm³/mol. The zero-order valence-corrected chi connectivity index (χ0v) is 12.5. The van der Waals surface area contributed by atoms with Crippen LogP contribution in [0.3, 0.4) is 0 Å². The summed E-state index contributed by atoms with van der Waals surface area (Å²) in [5.74, 6) is -0.0392. The highest BCUT2D eigenvalue weighted by molar-refractivity contribution is 6.06. The number of aryl methyl sites for hydroxylation is 2. The van der Waals surface area contributed by atoms with Crippen LogP contribution >= 0.6 is 0 Å². The summed E-state index contributed by atoms with van der Waals surface area (Å²) >= 11 is 0. The first-order valence-electron chi connectivity index (χ1n) is 7.01. The molecule has 1 heterocycles. The maximum atomic E-state index is 12.1. The van der Waals surface area contributed by atoms with E-state index in [0.717, 1.165) is 16.6 Å². The van der Waals surface area contributed by atoms with Gasteiger partial charge in [0.15, 0.2) is 5.78 Å². The summed E-state index contributed by atoms with van der Waals surface area (Å²) in [6, 6.07) is 14.8. The Kier molecular flexibility index (Phi) is 3.51. The maximum Gasteiger partial charge on any atom is 0.328 e. The van der Waals surface area contributed by atoms with E-state index in [-0.39, 0.29) is 11.5 Å². The molecule has 0 amide bonds.